The maximum Gasteiger partial charge on any atom is 0.258 e. The van der Waals surface area contributed by atoms with Crippen LogP contribution in [-0.2, 0) is 4.65 Å². The standard InChI is InChI=1S/C14H14BIO/c1-10-2-4-11(5-3-10)14(17-15)12-6-8-13(16)9-7-12/h2-9,14H,15H2,1H3. The minimum atomic E-state index is 0.0209. The molecule has 2 aromatic rings. The Kier molecular flexibility index (Phi) is 4.23. The number of rotatable bonds is 3. The normalized spacial score (nSPS) is 12.4. The highest BCUT2D eigenvalue weighted by atomic mass is 127. The fourth-order valence-corrected chi connectivity index (χ4v) is 2.20. The van der Waals surface area contributed by atoms with Crippen LogP contribution < -0.4 is 0 Å². The monoisotopic (exact) mass is 336 g/mol. The van der Waals surface area contributed by atoms with Crippen molar-refractivity contribution in [2.24, 2.45) is 0 Å². The summed E-state index contributed by atoms with van der Waals surface area (Å²) in [6.07, 6.45) is 0.0209. The minimum Gasteiger partial charge on any atom is -0.434 e. The highest BCUT2D eigenvalue weighted by Crippen LogP contribution is 2.25. The van der Waals surface area contributed by atoms with Gasteiger partial charge in [-0.05, 0) is 52.8 Å². The van der Waals surface area contributed by atoms with E-state index in [0.717, 1.165) is 0 Å². The van der Waals surface area contributed by atoms with Crippen molar-refractivity contribution in [2.45, 2.75) is 13.0 Å². The van der Waals surface area contributed by atoms with Crippen LogP contribution in [0.1, 0.15) is 22.8 Å². The average molecular weight is 336 g/mol. The minimum absolute atomic E-state index is 0.0209. The molecule has 0 saturated heterocycles. The van der Waals surface area contributed by atoms with E-state index >= 15 is 0 Å². The summed E-state index contributed by atoms with van der Waals surface area (Å²) in [5.41, 5.74) is 3.65. The van der Waals surface area contributed by atoms with Crippen molar-refractivity contribution in [1.29, 1.82) is 0 Å². The Morgan fingerprint density at radius 3 is 1.88 bits per heavy atom. The summed E-state index contributed by atoms with van der Waals surface area (Å²) >= 11 is 2.31. The van der Waals surface area contributed by atoms with E-state index in [0.29, 0.717) is 0 Å². The largest absolute Gasteiger partial charge is 0.434 e. The molecule has 0 aliphatic heterocycles. The second kappa shape index (κ2) is 5.69. The Morgan fingerprint density at radius 2 is 1.41 bits per heavy atom. The molecule has 0 bridgehead atoms. The van der Waals surface area contributed by atoms with E-state index in [9.17, 15) is 0 Å². The zero-order chi connectivity index (χ0) is 12.3. The van der Waals surface area contributed by atoms with E-state index in [1.807, 2.05) is 0 Å². The molecule has 86 valence electrons. The van der Waals surface area contributed by atoms with Crippen molar-refractivity contribution in [3.05, 3.63) is 68.8 Å². The molecule has 17 heavy (non-hydrogen) atoms. The third kappa shape index (κ3) is 3.10. The van der Waals surface area contributed by atoms with Gasteiger partial charge in [-0.15, -0.1) is 0 Å². The first kappa shape index (κ1) is 12.6. The van der Waals surface area contributed by atoms with Crippen molar-refractivity contribution in [3.63, 3.8) is 0 Å². The second-order valence-corrected chi connectivity index (χ2v) is 5.32. The van der Waals surface area contributed by atoms with Gasteiger partial charge in [0.15, 0.2) is 0 Å². The molecule has 0 radical (unpaired) electrons. The SMILES string of the molecule is BOC(c1ccc(C)cc1)c1ccc(I)cc1. The molecule has 0 aliphatic rings. The molecule has 0 spiro atoms. The van der Waals surface area contributed by atoms with Crippen LogP contribution in [-0.4, -0.2) is 8.05 Å². The maximum absolute atomic E-state index is 5.60. The fraction of sp³-hybridized carbons (Fsp3) is 0.143. The third-order valence-corrected chi connectivity index (χ3v) is 3.51. The lowest BCUT2D eigenvalue weighted by molar-refractivity contribution is 0.273. The molecule has 3 heteroatoms. The van der Waals surface area contributed by atoms with E-state index in [1.54, 1.807) is 8.05 Å². The molecular weight excluding hydrogens is 322 g/mol. The summed E-state index contributed by atoms with van der Waals surface area (Å²) < 4.78 is 6.84. The van der Waals surface area contributed by atoms with Crippen molar-refractivity contribution in [3.8, 4) is 0 Å². The first-order valence-electron chi connectivity index (χ1n) is 5.55. The number of aryl methyl sites for hydroxylation is 1. The van der Waals surface area contributed by atoms with E-state index in [2.05, 4.69) is 78.0 Å². The summed E-state index contributed by atoms with van der Waals surface area (Å²) in [7, 11) is 1.75. The fourth-order valence-electron chi connectivity index (χ4n) is 1.84. The van der Waals surface area contributed by atoms with Crippen LogP contribution >= 0.6 is 22.6 Å². The van der Waals surface area contributed by atoms with E-state index < -0.39 is 0 Å². The lowest BCUT2D eigenvalue weighted by atomic mass is 10.00. The molecule has 0 heterocycles. The van der Waals surface area contributed by atoms with E-state index in [4.69, 9.17) is 4.65 Å². The van der Waals surface area contributed by atoms with Crippen LogP contribution in [0.4, 0.5) is 0 Å². The van der Waals surface area contributed by atoms with Crippen LogP contribution in [0.3, 0.4) is 0 Å². The topological polar surface area (TPSA) is 9.23 Å². The number of hydrogen-bond acceptors (Lipinski definition) is 1. The van der Waals surface area contributed by atoms with Crippen molar-refractivity contribution in [1.82, 2.24) is 0 Å². The van der Waals surface area contributed by atoms with Gasteiger partial charge >= 0.3 is 0 Å². The maximum atomic E-state index is 5.60. The molecule has 0 saturated carbocycles. The van der Waals surface area contributed by atoms with Crippen LogP contribution in [0, 0.1) is 10.5 Å². The van der Waals surface area contributed by atoms with Gasteiger partial charge in [0.2, 0.25) is 0 Å². The smallest absolute Gasteiger partial charge is 0.258 e. The molecule has 1 unspecified atom stereocenters. The molecule has 0 N–H and O–H groups in total. The van der Waals surface area contributed by atoms with Gasteiger partial charge in [0, 0.05) is 3.57 Å². The molecule has 0 aromatic heterocycles. The van der Waals surface area contributed by atoms with Gasteiger partial charge in [-0.2, -0.15) is 0 Å². The number of benzene rings is 2. The summed E-state index contributed by atoms with van der Waals surface area (Å²) in [5, 5.41) is 0. The van der Waals surface area contributed by atoms with Gasteiger partial charge in [-0.25, -0.2) is 0 Å². The Labute approximate surface area is 117 Å². The van der Waals surface area contributed by atoms with Gasteiger partial charge in [-0.3, -0.25) is 0 Å². The summed E-state index contributed by atoms with van der Waals surface area (Å²) in [6, 6.07) is 16.9. The summed E-state index contributed by atoms with van der Waals surface area (Å²) in [4.78, 5) is 0. The predicted molar refractivity (Wildman–Crippen MR) is 81.8 cm³/mol. The summed E-state index contributed by atoms with van der Waals surface area (Å²) in [6.45, 7) is 2.09. The van der Waals surface area contributed by atoms with Crippen molar-refractivity contribution < 1.29 is 4.65 Å². The zero-order valence-electron chi connectivity index (χ0n) is 9.98. The lowest BCUT2D eigenvalue weighted by Gasteiger charge is -2.17. The van der Waals surface area contributed by atoms with Crippen LogP contribution in [0.2, 0.25) is 0 Å². The molecule has 1 nitrogen and oxygen atoms in total. The lowest BCUT2D eigenvalue weighted by Crippen LogP contribution is -2.04. The third-order valence-electron chi connectivity index (χ3n) is 2.79. The Morgan fingerprint density at radius 1 is 0.941 bits per heavy atom. The van der Waals surface area contributed by atoms with Crippen LogP contribution in [0.5, 0.6) is 0 Å². The number of halogens is 1. The molecule has 0 amide bonds. The molecular formula is C14H14BIO. The molecule has 1 atom stereocenters. The van der Waals surface area contributed by atoms with Gasteiger partial charge < -0.3 is 4.65 Å². The summed E-state index contributed by atoms with van der Waals surface area (Å²) in [5.74, 6) is 0. The highest BCUT2D eigenvalue weighted by molar-refractivity contribution is 14.1. The van der Waals surface area contributed by atoms with E-state index in [-0.39, 0.29) is 6.10 Å². The quantitative estimate of drug-likeness (QED) is 0.618. The Balaban J connectivity index is 2.33. The van der Waals surface area contributed by atoms with Crippen LogP contribution in [0.25, 0.3) is 0 Å². The van der Waals surface area contributed by atoms with Gasteiger partial charge in [0.25, 0.3) is 8.05 Å². The van der Waals surface area contributed by atoms with Crippen molar-refractivity contribution >= 4 is 30.6 Å². The first-order valence-corrected chi connectivity index (χ1v) is 6.63. The Hall–Kier alpha value is -0.805. The van der Waals surface area contributed by atoms with Crippen molar-refractivity contribution in [2.75, 3.05) is 0 Å². The highest BCUT2D eigenvalue weighted by Gasteiger charge is 2.11. The van der Waals surface area contributed by atoms with Crippen LogP contribution in [0.15, 0.2) is 48.5 Å². The molecule has 0 aliphatic carbocycles. The molecule has 2 aromatic carbocycles. The van der Waals surface area contributed by atoms with Gasteiger partial charge in [0.1, 0.15) is 0 Å². The van der Waals surface area contributed by atoms with Gasteiger partial charge in [-0.1, -0.05) is 42.0 Å². The van der Waals surface area contributed by atoms with E-state index in [1.165, 1.54) is 20.3 Å². The second-order valence-electron chi connectivity index (χ2n) is 4.08. The Bertz CT molecular complexity index is 433. The van der Waals surface area contributed by atoms with Gasteiger partial charge in [0.05, 0.1) is 6.10 Å². The predicted octanol–water partition coefficient (Wildman–Crippen LogP) is 3.25. The number of hydrogen-bond donors (Lipinski definition) is 0. The first-order chi connectivity index (χ1) is 8.20. The molecule has 2 rings (SSSR count). The molecule has 0 fully saturated rings. The average Bonchev–Trinajstić information content (AvgIpc) is 2.35. The zero-order valence-corrected chi connectivity index (χ0v) is 12.1.